The molecule has 0 amide bonds. The van der Waals surface area contributed by atoms with Crippen LogP contribution in [0.25, 0.3) is 0 Å². The van der Waals surface area contributed by atoms with E-state index in [0.717, 1.165) is 14.6 Å². The first-order valence-corrected chi connectivity index (χ1v) is 7.79. The van der Waals surface area contributed by atoms with Crippen molar-refractivity contribution < 1.29 is 4.79 Å². The van der Waals surface area contributed by atoms with E-state index in [0.29, 0.717) is 15.8 Å². The van der Waals surface area contributed by atoms with Gasteiger partial charge in [0.1, 0.15) is 0 Å². The molecule has 0 radical (unpaired) electrons. The second-order valence-corrected chi connectivity index (χ2v) is 6.85. The molecule has 0 aliphatic carbocycles. The van der Waals surface area contributed by atoms with Gasteiger partial charge in [-0.3, -0.25) is 4.79 Å². The van der Waals surface area contributed by atoms with Crippen LogP contribution in [0, 0.1) is 6.92 Å². The normalized spacial score (nSPS) is 10.6. The van der Waals surface area contributed by atoms with Crippen LogP contribution in [0.5, 0.6) is 0 Å². The standard InChI is InChI=1S/C13H10Cl2OS2/c1-8-2-5-13(18-8)12(16)7-17-9-3-4-10(14)11(15)6-9/h2-6H,7H2,1H3. The third-order valence-corrected chi connectivity index (χ3v) is 5.05. The van der Waals surface area contributed by atoms with Crippen molar-refractivity contribution in [2.24, 2.45) is 0 Å². The smallest absolute Gasteiger partial charge is 0.182 e. The van der Waals surface area contributed by atoms with E-state index in [1.165, 1.54) is 23.1 Å². The molecule has 0 bridgehead atoms. The molecule has 0 N–H and O–H groups in total. The number of Topliss-reactive ketones (excluding diaryl/α,β-unsaturated/α-hetero) is 1. The number of thiophene rings is 1. The van der Waals surface area contributed by atoms with Crippen molar-refractivity contribution in [3.8, 4) is 0 Å². The van der Waals surface area contributed by atoms with Gasteiger partial charge in [0.05, 0.1) is 20.7 Å². The number of carbonyl (C=O) groups is 1. The van der Waals surface area contributed by atoms with Gasteiger partial charge in [0.2, 0.25) is 0 Å². The van der Waals surface area contributed by atoms with Crippen LogP contribution in [0.2, 0.25) is 10.0 Å². The van der Waals surface area contributed by atoms with E-state index in [1.807, 2.05) is 25.1 Å². The van der Waals surface area contributed by atoms with E-state index in [-0.39, 0.29) is 5.78 Å². The highest BCUT2D eigenvalue weighted by molar-refractivity contribution is 8.00. The van der Waals surface area contributed by atoms with Gasteiger partial charge in [0.25, 0.3) is 0 Å². The summed E-state index contributed by atoms with van der Waals surface area (Å²) in [5.41, 5.74) is 0. The summed E-state index contributed by atoms with van der Waals surface area (Å²) in [5.74, 6) is 0.557. The summed E-state index contributed by atoms with van der Waals surface area (Å²) >= 11 is 14.8. The average Bonchev–Trinajstić information content (AvgIpc) is 2.77. The van der Waals surface area contributed by atoms with Gasteiger partial charge in [-0.05, 0) is 37.3 Å². The minimum atomic E-state index is 0.143. The molecule has 0 saturated carbocycles. The van der Waals surface area contributed by atoms with Gasteiger partial charge in [-0.15, -0.1) is 23.1 Å². The first-order valence-electron chi connectivity index (χ1n) is 5.24. The Morgan fingerprint density at radius 1 is 1.22 bits per heavy atom. The van der Waals surface area contributed by atoms with E-state index in [9.17, 15) is 4.79 Å². The quantitative estimate of drug-likeness (QED) is 0.559. The summed E-state index contributed by atoms with van der Waals surface area (Å²) in [7, 11) is 0. The van der Waals surface area contributed by atoms with Crippen LogP contribution in [-0.2, 0) is 0 Å². The highest BCUT2D eigenvalue weighted by atomic mass is 35.5. The molecule has 0 fully saturated rings. The number of aryl methyl sites for hydroxylation is 1. The van der Waals surface area contributed by atoms with Crippen LogP contribution in [-0.4, -0.2) is 11.5 Å². The largest absolute Gasteiger partial charge is 0.292 e. The van der Waals surface area contributed by atoms with Crippen molar-refractivity contribution in [1.29, 1.82) is 0 Å². The lowest BCUT2D eigenvalue weighted by atomic mass is 10.3. The number of thioether (sulfide) groups is 1. The predicted molar refractivity (Wildman–Crippen MR) is 80.6 cm³/mol. The summed E-state index contributed by atoms with van der Waals surface area (Å²) in [6.07, 6.45) is 0. The second-order valence-electron chi connectivity index (χ2n) is 3.70. The minimum absolute atomic E-state index is 0.143. The Morgan fingerprint density at radius 3 is 2.61 bits per heavy atom. The average molecular weight is 317 g/mol. The van der Waals surface area contributed by atoms with Gasteiger partial charge in [-0.2, -0.15) is 0 Å². The summed E-state index contributed by atoms with van der Waals surface area (Å²) < 4.78 is 0. The number of hydrogen-bond donors (Lipinski definition) is 0. The summed E-state index contributed by atoms with van der Waals surface area (Å²) in [6, 6.07) is 9.22. The second kappa shape index (κ2) is 6.11. The van der Waals surface area contributed by atoms with Crippen molar-refractivity contribution in [2.75, 3.05) is 5.75 Å². The Bertz CT molecular complexity index is 578. The van der Waals surface area contributed by atoms with Gasteiger partial charge in [-0.1, -0.05) is 23.2 Å². The number of rotatable bonds is 4. The van der Waals surface area contributed by atoms with Crippen LogP contribution in [0.1, 0.15) is 14.5 Å². The number of ketones is 1. The highest BCUT2D eigenvalue weighted by Gasteiger charge is 2.09. The molecule has 5 heteroatoms. The Balaban J connectivity index is 1.99. The van der Waals surface area contributed by atoms with Crippen LogP contribution < -0.4 is 0 Å². The topological polar surface area (TPSA) is 17.1 Å². The fraction of sp³-hybridized carbons (Fsp3) is 0.154. The molecule has 94 valence electrons. The van der Waals surface area contributed by atoms with Gasteiger partial charge >= 0.3 is 0 Å². The third-order valence-electron chi connectivity index (χ3n) is 2.28. The minimum Gasteiger partial charge on any atom is -0.292 e. The maximum atomic E-state index is 11.9. The van der Waals surface area contributed by atoms with E-state index in [2.05, 4.69) is 0 Å². The SMILES string of the molecule is Cc1ccc(C(=O)CSc2ccc(Cl)c(Cl)c2)s1. The molecular formula is C13H10Cl2OS2. The Kier molecular flexibility index (Phi) is 4.73. The van der Waals surface area contributed by atoms with E-state index < -0.39 is 0 Å². The molecule has 0 atom stereocenters. The zero-order chi connectivity index (χ0) is 13.1. The van der Waals surface area contributed by atoms with Gasteiger partial charge in [-0.25, -0.2) is 0 Å². The van der Waals surface area contributed by atoms with Crippen LogP contribution in [0.4, 0.5) is 0 Å². The van der Waals surface area contributed by atoms with Crippen LogP contribution in [0.15, 0.2) is 35.2 Å². The molecule has 0 aliphatic rings. The summed E-state index contributed by atoms with van der Waals surface area (Å²) in [5, 5.41) is 1.04. The molecule has 2 aromatic rings. The lowest BCUT2D eigenvalue weighted by Gasteiger charge is -2.02. The molecule has 1 aromatic heterocycles. The zero-order valence-electron chi connectivity index (χ0n) is 9.57. The van der Waals surface area contributed by atoms with Crippen LogP contribution in [0.3, 0.4) is 0 Å². The maximum Gasteiger partial charge on any atom is 0.182 e. The number of halogens is 2. The molecule has 18 heavy (non-hydrogen) atoms. The number of benzene rings is 1. The van der Waals surface area contributed by atoms with Gasteiger partial charge < -0.3 is 0 Å². The fourth-order valence-electron chi connectivity index (χ4n) is 1.37. The molecule has 1 heterocycles. The molecule has 1 aromatic carbocycles. The summed E-state index contributed by atoms with van der Waals surface area (Å²) in [4.78, 5) is 14.8. The monoisotopic (exact) mass is 316 g/mol. The molecular weight excluding hydrogens is 307 g/mol. The molecule has 0 unspecified atom stereocenters. The molecule has 0 aliphatic heterocycles. The molecule has 0 spiro atoms. The van der Waals surface area contributed by atoms with Crippen molar-refractivity contribution in [1.82, 2.24) is 0 Å². The van der Waals surface area contributed by atoms with Gasteiger partial charge in [0, 0.05) is 9.77 Å². The Hall–Kier alpha value is -0.480. The lowest BCUT2D eigenvalue weighted by molar-refractivity contribution is 0.102. The van der Waals surface area contributed by atoms with E-state index in [1.54, 1.807) is 12.1 Å². The predicted octanol–water partition coefficient (Wildman–Crippen LogP) is 5.34. The molecule has 1 nitrogen and oxygen atoms in total. The molecule has 0 saturated heterocycles. The number of carbonyl (C=O) groups excluding carboxylic acids is 1. The fourth-order valence-corrected chi connectivity index (χ4v) is 3.45. The first kappa shape index (κ1) is 13.9. The lowest BCUT2D eigenvalue weighted by Crippen LogP contribution is -1.98. The van der Waals surface area contributed by atoms with Crippen molar-refractivity contribution in [2.45, 2.75) is 11.8 Å². The van der Waals surface area contributed by atoms with Gasteiger partial charge in [0.15, 0.2) is 5.78 Å². The number of hydrogen-bond acceptors (Lipinski definition) is 3. The Labute approximate surface area is 124 Å². The summed E-state index contributed by atoms with van der Waals surface area (Å²) in [6.45, 7) is 1.99. The van der Waals surface area contributed by atoms with Crippen molar-refractivity contribution >= 4 is 52.1 Å². The van der Waals surface area contributed by atoms with Crippen molar-refractivity contribution in [3.05, 3.63) is 50.1 Å². The van der Waals surface area contributed by atoms with E-state index in [4.69, 9.17) is 23.2 Å². The van der Waals surface area contributed by atoms with E-state index >= 15 is 0 Å². The van der Waals surface area contributed by atoms with Crippen LogP contribution >= 0.6 is 46.3 Å². The maximum absolute atomic E-state index is 11.9. The first-order chi connectivity index (χ1) is 8.56. The third kappa shape index (κ3) is 3.51. The zero-order valence-corrected chi connectivity index (χ0v) is 12.7. The molecule has 2 rings (SSSR count). The highest BCUT2D eigenvalue weighted by Crippen LogP contribution is 2.28. The Morgan fingerprint density at radius 2 is 2.00 bits per heavy atom. The van der Waals surface area contributed by atoms with Crippen molar-refractivity contribution in [3.63, 3.8) is 0 Å².